The molecule has 0 radical (unpaired) electrons. The molecule has 0 atom stereocenters. The predicted molar refractivity (Wildman–Crippen MR) is 89.5 cm³/mol. The van der Waals surface area contributed by atoms with Crippen LogP contribution in [0, 0.1) is 0 Å². The maximum Gasteiger partial charge on any atom is 0.352 e. The quantitative estimate of drug-likeness (QED) is 0.461. The first kappa shape index (κ1) is 14.1. The van der Waals surface area contributed by atoms with Crippen LogP contribution in [0.3, 0.4) is 0 Å². The summed E-state index contributed by atoms with van der Waals surface area (Å²) in [6.07, 6.45) is 0. The summed E-state index contributed by atoms with van der Waals surface area (Å²) in [6.45, 7) is 0. The van der Waals surface area contributed by atoms with Crippen LogP contribution < -0.4 is 0 Å². The first-order valence-corrected chi connectivity index (χ1v) is 7.25. The first-order chi connectivity index (χ1) is 11.5. The predicted octanol–water partition coefficient (Wildman–Crippen LogP) is 3.71. The molecule has 4 aromatic rings. The lowest BCUT2D eigenvalue weighted by atomic mass is 10.0. The lowest BCUT2D eigenvalue weighted by Gasteiger charge is -2.03. The Morgan fingerprint density at radius 1 is 0.833 bits per heavy atom. The Morgan fingerprint density at radius 3 is 2.38 bits per heavy atom. The zero-order valence-corrected chi connectivity index (χ0v) is 12.3. The highest BCUT2D eigenvalue weighted by Gasteiger charge is 2.19. The van der Waals surface area contributed by atoms with Crippen molar-refractivity contribution in [2.75, 3.05) is 0 Å². The second-order valence-corrected chi connectivity index (χ2v) is 5.52. The van der Waals surface area contributed by atoms with E-state index in [0.717, 1.165) is 10.9 Å². The minimum atomic E-state index is -1.04. The zero-order valence-electron chi connectivity index (χ0n) is 12.3. The normalized spacial score (nSPS) is 11.2. The Bertz CT molecular complexity index is 1120. The van der Waals surface area contributed by atoms with Gasteiger partial charge in [-0.05, 0) is 29.8 Å². The van der Waals surface area contributed by atoms with Crippen molar-refractivity contribution in [1.29, 1.82) is 0 Å². The van der Waals surface area contributed by atoms with Gasteiger partial charge in [-0.2, -0.15) is 0 Å². The van der Waals surface area contributed by atoms with E-state index in [1.54, 1.807) is 18.2 Å². The smallest absolute Gasteiger partial charge is 0.352 e. The standard InChI is InChI=1S/C18H12N2O4/c21-17(22)14-8-10-7-9(5-6-12(10)19-14)15-11-3-1-2-4-13(11)20-16(15)18(23)24/h1-8,19-20H,(H,21,22)(H,23,24). The van der Waals surface area contributed by atoms with Gasteiger partial charge in [0.15, 0.2) is 0 Å². The van der Waals surface area contributed by atoms with Gasteiger partial charge in [-0.1, -0.05) is 24.3 Å². The van der Waals surface area contributed by atoms with Crippen LogP contribution in [0.5, 0.6) is 0 Å². The minimum absolute atomic E-state index is 0.0968. The van der Waals surface area contributed by atoms with Gasteiger partial charge in [0.05, 0.1) is 0 Å². The van der Waals surface area contributed by atoms with E-state index in [9.17, 15) is 14.7 Å². The molecule has 0 aliphatic rings. The van der Waals surface area contributed by atoms with Gasteiger partial charge in [-0.25, -0.2) is 9.59 Å². The van der Waals surface area contributed by atoms with Gasteiger partial charge in [-0.15, -0.1) is 0 Å². The van der Waals surface area contributed by atoms with E-state index in [-0.39, 0.29) is 11.4 Å². The number of aromatic nitrogens is 2. The van der Waals surface area contributed by atoms with Gasteiger partial charge in [0, 0.05) is 27.4 Å². The highest BCUT2D eigenvalue weighted by atomic mass is 16.4. The first-order valence-electron chi connectivity index (χ1n) is 7.25. The molecule has 0 aliphatic carbocycles. The van der Waals surface area contributed by atoms with E-state index in [4.69, 9.17) is 5.11 Å². The van der Waals surface area contributed by atoms with E-state index in [1.807, 2.05) is 24.3 Å². The van der Waals surface area contributed by atoms with Gasteiger partial charge in [0.25, 0.3) is 0 Å². The number of H-pyrrole nitrogens is 2. The molecule has 2 aromatic carbocycles. The molecule has 4 N–H and O–H groups in total. The molecule has 2 aromatic heterocycles. The summed E-state index contributed by atoms with van der Waals surface area (Å²) in [5.74, 6) is -2.08. The van der Waals surface area contributed by atoms with Crippen molar-refractivity contribution >= 4 is 33.7 Å². The Hall–Kier alpha value is -3.54. The lowest BCUT2D eigenvalue weighted by molar-refractivity contribution is 0.0681. The number of benzene rings is 2. The van der Waals surface area contributed by atoms with Crippen LogP contribution in [0.25, 0.3) is 32.9 Å². The number of aromatic amines is 2. The number of nitrogens with one attached hydrogen (secondary N) is 2. The van der Waals surface area contributed by atoms with E-state index >= 15 is 0 Å². The van der Waals surface area contributed by atoms with Crippen LogP contribution in [-0.4, -0.2) is 32.1 Å². The van der Waals surface area contributed by atoms with Crippen molar-refractivity contribution in [3.63, 3.8) is 0 Å². The summed E-state index contributed by atoms with van der Waals surface area (Å²) < 4.78 is 0. The maximum atomic E-state index is 11.6. The zero-order chi connectivity index (χ0) is 16.8. The molecule has 0 saturated carbocycles. The molecule has 6 heteroatoms. The Kier molecular flexibility index (Phi) is 2.93. The molecule has 0 aliphatic heterocycles. The number of fused-ring (bicyclic) bond motifs is 2. The average Bonchev–Trinajstić information content (AvgIpc) is 3.15. The highest BCUT2D eigenvalue weighted by Crippen LogP contribution is 2.34. The van der Waals surface area contributed by atoms with E-state index in [0.29, 0.717) is 22.0 Å². The van der Waals surface area contributed by atoms with Crippen LogP contribution in [-0.2, 0) is 0 Å². The van der Waals surface area contributed by atoms with E-state index < -0.39 is 11.9 Å². The molecule has 6 nitrogen and oxygen atoms in total. The molecule has 0 saturated heterocycles. The SMILES string of the molecule is O=C(O)c1cc2cc(-c3c(C(=O)O)[nH]c4ccccc34)ccc2[nH]1. The number of carboxylic acid groups (broad SMARTS) is 2. The lowest BCUT2D eigenvalue weighted by Crippen LogP contribution is -1.98. The molecule has 0 bridgehead atoms. The fourth-order valence-corrected chi connectivity index (χ4v) is 3.01. The second kappa shape index (κ2) is 4.99. The Morgan fingerprint density at radius 2 is 1.62 bits per heavy atom. The fourth-order valence-electron chi connectivity index (χ4n) is 3.01. The molecule has 2 heterocycles. The topological polar surface area (TPSA) is 106 Å². The van der Waals surface area contributed by atoms with Gasteiger partial charge >= 0.3 is 11.9 Å². The van der Waals surface area contributed by atoms with Crippen molar-refractivity contribution in [3.8, 4) is 11.1 Å². The number of carbonyl (C=O) groups is 2. The molecule has 0 fully saturated rings. The van der Waals surface area contributed by atoms with Crippen molar-refractivity contribution < 1.29 is 19.8 Å². The molecule has 24 heavy (non-hydrogen) atoms. The monoisotopic (exact) mass is 320 g/mol. The fraction of sp³-hybridized carbons (Fsp3) is 0. The van der Waals surface area contributed by atoms with Gasteiger partial charge in [0.1, 0.15) is 11.4 Å². The third-order valence-corrected chi connectivity index (χ3v) is 4.06. The minimum Gasteiger partial charge on any atom is -0.477 e. The summed E-state index contributed by atoms with van der Waals surface area (Å²) >= 11 is 0. The van der Waals surface area contributed by atoms with Crippen LogP contribution in [0.4, 0.5) is 0 Å². The van der Waals surface area contributed by atoms with Gasteiger partial charge in [0.2, 0.25) is 0 Å². The van der Waals surface area contributed by atoms with E-state index in [1.165, 1.54) is 6.07 Å². The summed E-state index contributed by atoms with van der Waals surface area (Å²) in [6, 6.07) is 14.2. The third-order valence-electron chi connectivity index (χ3n) is 4.06. The molecule has 0 spiro atoms. The van der Waals surface area contributed by atoms with Crippen LogP contribution >= 0.6 is 0 Å². The number of carboxylic acids is 2. The van der Waals surface area contributed by atoms with Crippen molar-refractivity contribution in [2.45, 2.75) is 0 Å². The van der Waals surface area contributed by atoms with Crippen LogP contribution in [0.1, 0.15) is 21.0 Å². The average molecular weight is 320 g/mol. The van der Waals surface area contributed by atoms with Crippen molar-refractivity contribution in [3.05, 3.63) is 59.9 Å². The van der Waals surface area contributed by atoms with Crippen molar-refractivity contribution in [2.24, 2.45) is 0 Å². The number of rotatable bonds is 3. The maximum absolute atomic E-state index is 11.6. The summed E-state index contributed by atoms with van der Waals surface area (Å²) in [7, 11) is 0. The molecule has 0 amide bonds. The number of hydrogen-bond donors (Lipinski definition) is 4. The van der Waals surface area contributed by atoms with Crippen LogP contribution in [0.15, 0.2) is 48.5 Å². The molecular weight excluding hydrogens is 308 g/mol. The molecular formula is C18H12N2O4. The Balaban J connectivity index is 2.00. The summed E-state index contributed by atoms with van der Waals surface area (Å²) in [5, 5.41) is 20.1. The molecule has 4 rings (SSSR count). The number of aromatic carboxylic acids is 2. The highest BCUT2D eigenvalue weighted by molar-refractivity contribution is 6.08. The number of hydrogen-bond acceptors (Lipinski definition) is 2. The van der Waals surface area contributed by atoms with Crippen LogP contribution in [0.2, 0.25) is 0 Å². The Labute approximate surface area is 135 Å². The largest absolute Gasteiger partial charge is 0.477 e. The van der Waals surface area contributed by atoms with Gasteiger partial charge < -0.3 is 20.2 Å². The molecule has 118 valence electrons. The second-order valence-electron chi connectivity index (χ2n) is 5.52. The third kappa shape index (κ3) is 2.04. The van der Waals surface area contributed by atoms with Gasteiger partial charge in [-0.3, -0.25) is 0 Å². The summed E-state index contributed by atoms with van der Waals surface area (Å²) in [5.41, 5.74) is 2.95. The van der Waals surface area contributed by atoms with Crippen molar-refractivity contribution in [1.82, 2.24) is 9.97 Å². The number of para-hydroxylation sites is 1. The molecule has 0 unspecified atom stereocenters. The summed E-state index contributed by atoms with van der Waals surface area (Å²) in [4.78, 5) is 28.4. The van der Waals surface area contributed by atoms with E-state index in [2.05, 4.69) is 9.97 Å².